The summed E-state index contributed by atoms with van der Waals surface area (Å²) in [6, 6.07) is 12.0. The molecule has 3 unspecified atom stereocenters. The zero-order chi connectivity index (χ0) is 13.8. The van der Waals surface area contributed by atoms with Crippen LogP contribution in [0.5, 0.6) is 0 Å². The van der Waals surface area contributed by atoms with Crippen molar-refractivity contribution in [3.63, 3.8) is 0 Å². The molecule has 0 radical (unpaired) electrons. The predicted molar refractivity (Wildman–Crippen MR) is 73.7 cm³/mol. The van der Waals surface area contributed by atoms with Gasteiger partial charge in [0.1, 0.15) is 5.92 Å². The van der Waals surface area contributed by atoms with E-state index in [0.717, 1.165) is 0 Å². The second-order valence-corrected chi connectivity index (χ2v) is 6.13. The lowest BCUT2D eigenvalue weighted by atomic mass is 9.94. The molecule has 0 saturated carbocycles. The van der Waals surface area contributed by atoms with Crippen LogP contribution < -0.4 is 0 Å². The Labute approximate surface area is 115 Å². The van der Waals surface area contributed by atoms with E-state index in [1.807, 2.05) is 0 Å². The number of hydrogen-bond acceptors (Lipinski definition) is 3. The van der Waals surface area contributed by atoms with Crippen molar-refractivity contribution < 1.29 is 19.4 Å². The second kappa shape index (κ2) is 6.06. The molecule has 19 heavy (non-hydrogen) atoms. The van der Waals surface area contributed by atoms with Crippen molar-refractivity contribution >= 4 is 25.3 Å². The van der Waals surface area contributed by atoms with E-state index in [-0.39, 0.29) is 0 Å². The van der Waals surface area contributed by atoms with E-state index in [4.69, 9.17) is 0 Å². The standard InChI is InChI=1S/C13H11O4PS/c14-13(15)11(9-5-2-1-3-6-9)12(18(16)17)10-7-4-8-19-10/h1-8,11-12H,(H-,14,15,16,17)/p+1. The molecular weight excluding hydrogens is 283 g/mol. The SMILES string of the molecule is O=C(O)C(c1ccccc1)C(c1cccs1)[P+](=O)O. The Balaban J connectivity index is 2.48. The maximum absolute atomic E-state index is 11.6. The number of thiophene rings is 1. The summed E-state index contributed by atoms with van der Waals surface area (Å²) in [6.45, 7) is 0. The molecule has 6 heteroatoms. The third-order valence-corrected chi connectivity index (χ3v) is 5.00. The third kappa shape index (κ3) is 3.07. The van der Waals surface area contributed by atoms with Gasteiger partial charge in [0, 0.05) is 0 Å². The van der Waals surface area contributed by atoms with Gasteiger partial charge in [0.2, 0.25) is 5.66 Å². The van der Waals surface area contributed by atoms with Crippen molar-refractivity contribution in [1.82, 2.24) is 0 Å². The van der Waals surface area contributed by atoms with Crippen molar-refractivity contribution in [3.05, 3.63) is 58.3 Å². The van der Waals surface area contributed by atoms with Crippen LogP contribution in [0.25, 0.3) is 0 Å². The largest absolute Gasteiger partial charge is 0.515 e. The molecule has 0 saturated heterocycles. The summed E-state index contributed by atoms with van der Waals surface area (Å²) in [6.07, 6.45) is 0. The van der Waals surface area contributed by atoms with Gasteiger partial charge in [0.05, 0.1) is 4.88 Å². The average Bonchev–Trinajstić information content (AvgIpc) is 2.89. The number of aliphatic carboxylic acids is 1. The van der Waals surface area contributed by atoms with E-state index in [1.165, 1.54) is 11.3 Å². The van der Waals surface area contributed by atoms with Gasteiger partial charge in [-0.2, -0.15) is 4.89 Å². The fourth-order valence-corrected chi connectivity index (χ4v) is 4.04. The number of carboxylic acid groups (broad SMARTS) is 1. The summed E-state index contributed by atoms with van der Waals surface area (Å²) in [5, 5.41) is 11.2. The van der Waals surface area contributed by atoms with Crippen molar-refractivity contribution in [2.75, 3.05) is 0 Å². The van der Waals surface area contributed by atoms with Crippen molar-refractivity contribution in [3.8, 4) is 0 Å². The first-order chi connectivity index (χ1) is 9.11. The minimum absolute atomic E-state index is 0.533. The van der Waals surface area contributed by atoms with Gasteiger partial charge >= 0.3 is 14.0 Å². The molecule has 4 nitrogen and oxygen atoms in total. The molecule has 1 heterocycles. The number of benzene rings is 1. The van der Waals surface area contributed by atoms with E-state index in [2.05, 4.69) is 0 Å². The van der Waals surface area contributed by atoms with E-state index < -0.39 is 25.6 Å². The Morgan fingerprint density at radius 2 is 1.84 bits per heavy atom. The number of carbonyl (C=O) groups is 1. The molecule has 0 fully saturated rings. The zero-order valence-corrected chi connectivity index (χ0v) is 11.6. The van der Waals surface area contributed by atoms with Gasteiger partial charge in [-0.3, -0.25) is 4.79 Å². The molecule has 0 bridgehead atoms. The average molecular weight is 295 g/mol. The van der Waals surface area contributed by atoms with Crippen molar-refractivity contribution in [2.45, 2.75) is 11.6 Å². The Hall–Kier alpha value is -1.55. The summed E-state index contributed by atoms with van der Waals surface area (Å²) in [7, 11) is -2.63. The van der Waals surface area contributed by atoms with Crippen LogP contribution in [0.1, 0.15) is 22.0 Å². The van der Waals surface area contributed by atoms with Gasteiger partial charge in [0.25, 0.3) is 0 Å². The zero-order valence-electron chi connectivity index (χ0n) is 9.84. The van der Waals surface area contributed by atoms with Crippen LogP contribution >= 0.6 is 19.4 Å². The van der Waals surface area contributed by atoms with Crippen molar-refractivity contribution in [1.29, 1.82) is 0 Å². The Kier molecular flexibility index (Phi) is 4.43. The summed E-state index contributed by atoms with van der Waals surface area (Å²) >= 11 is 1.29. The number of rotatable bonds is 5. The number of carboxylic acids is 1. The Morgan fingerprint density at radius 3 is 2.32 bits per heavy atom. The highest BCUT2D eigenvalue weighted by molar-refractivity contribution is 7.39. The predicted octanol–water partition coefficient (Wildman–Crippen LogP) is 3.39. The first-order valence-electron chi connectivity index (χ1n) is 5.57. The highest BCUT2D eigenvalue weighted by Crippen LogP contribution is 2.49. The summed E-state index contributed by atoms with van der Waals surface area (Å²) < 4.78 is 11.6. The first-order valence-corrected chi connectivity index (χ1v) is 7.73. The summed E-state index contributed by atoms with van der Waals surface area (Å²) in [5.74, 6) is -2.12. The quantitative estimate of drug-likeness (QED) is 0.829. The Bertz CT molecular complexity index is 568. The third-order valence-electron chi connectivity index (χ3n) is 2.81. The molecule has 3 atom stereocenters. The van der Waals surface area contributed by atoms with Gasteiger partial charge in [-0.25, -0.2) is 0 Å². The van der Waals surface area contributed by atoms with Crippen LogP contribution in [0.15, 0.2) is 47.8 Å². The molecule has 2 aromatic rings. The second-order valence-electron chi connectivity index (χ2n) is 3.99. The van der Waals surface area contributed by atoms with Gasteiger partial charge in [-0.1, -0.05) is 36.4 Å². The topological polar surface area (TPSA) is 74.6 Å². The summed E-state index contributed by atoms with van der Waals surface area (Å²) in [4.78, 5) is 21.6. The lowest BCUT2D eigenvalue weighted by molar-refractivity contribution is -0.138. The maximum Gasteiger partial charge on any atom is 0.515 e. The van der Waals surface area contributed by atoms with E-state index in [0.29, 0.717) is 10.4 Å². The van der Waals surface area contributed by atoms with Crippen molar-refractivity contribution in [2.24, 2.45) is 0 Å². The van der Waals surface area contributed by atoms with Gasteiger partial charge in [-0.15, -0.1) is 11.3 Å². The molecule has 2 rings (SSSR count). The lowest BCUT2D eigenvalue weighted by Gasteiger charge is -2.13. The highest BCUT2D eigenvalue weighted by Gasteiger charge is 2.45. The smallest absolute Gasteiger partial charge is 0.481 e. The van der Waals surface area contributed by atoms with E-state index >= 15 is 0 Å². The molecule has 0 amide bonds. The molecule has 1 aromatic carbocycles. The minimum atomic E-state index is -2.63. The lowest BCUT2D eigenvalue weighted by Crippen LogP contribution is -2.17. The molecule has 0 aliphatic heterocycles. The van der Waals surface area contributed by atoms with Gasteiger partial charge < -0.3 is 5.11 Å². The Morgan fingerprint density at radius 1 is 1.16 bits per heavy atom. The maximum atomic E-state index is 11.6. The van der Waals surface area contributed by atoms with E-state index in [1.54, 1.807) is 47.8 Å². The molecule has 0 aliphatic carbocycles. The van der Waals surface area contributed by atoms with Crippen LogP contribution in [-0.4, -0.2) is 16.0 Å². The normalized spacial score (nSPS) is 14.7. The van der Waals surface area contributed by atoms with E-state index in [9.17, 15) is 19.4 Å². The van der Waals surface area contributed by atoms with Crippen LogP contribution in [0.3, 0.4) is 0 Å². The fourth-order valence-electron chi connectivity index (χ4n) is 1.98. The number of hydrogen-bond donors (Lipinski definition) is 2. The van der Waals surface area contributed by atoms with Crippen LogP contribution in [0.2, 0.25) is 0 Å². The minimum Gasteiger partial charge on any atom is -0.481 e. The summed E-state index contributed by atoms with van der Waals surface area (Å²) in [5.41, 5.74) is -0.388. The molecule has 0 aliphatic rings. The molecular formula is C13H12O4PS+. The highest BCUT2D eigenvalue weighted by atomic mass is 32.1. The monoisotopic (exact) mass is 295 g/mol. The van der Waals surface area contributed by atoms with Crippen LogP contribution in [0.4, 0.5) is 0 Å². The van der Waals surface area contributed by atoms with Crippen LogP contribution in [-0.2, 0) is 9.36 Å². The molecule has 2 N–H and O–H groups in total. The molecule has 1 aromatic heterocycles. The van der Waals surface area contributed by atoms with Gasteiger partial charge in [-0.05, 0) is 21.6 Å². The molecule has 0 spiro atoms. The first kappa shape index (κ1) is 13.9. The molecule has 98 valence electrons. The van der Waals surface area contributed by atoms with Gasteiger partial charge in [0.15, 0.2) is 0 Å². The fraction of sp³-hybridized carbons (Fsp3) is 0.154. The van der Waals surface area contributed by atoms with Crippen LogP contribution in [0, 0.1) is 0 Å².